The van der Waals surface area contributed by atoms with Gasteiger partial charge in [-0.2, -0.15) is 0 Å². The quantitative estimate of drug-likeness (QED) is 0.358. The molecular formula is C28H28N6O4. The van der Waals surface area contributed by atoms with E-state index in [-0.39, 0.29) is 24.1 Å². The average molecular weight is 513 g/mol. The number of anilines is 1. The van der Waals surface area contributed by atoms with E-state index in [0.717, 1.165) is 36.0 Å². The van der Waals surface area contributed by atoms with E-state index < -0.39 is 5.97 Å². The molecule has 0 spiro atoms. The van der Waals surface area contributed by atoms with Gasteiger partial charge in [-0.15, -0.1) is 4.98 Å². The number of nitrogens with zero attached hydrogens (tertiary/aromatic N) is 5. The highest BCUT2D eigenvalue weighted by Gasteiger charge is 2.22. The first kappa shape index (κ1) is 25.2. The molecule has 5 rings (SSSR count). The van der Waals surface area contributed by atoms with Crippen molar-refractivity contribution in [2.45, 2.75) is 6.54 Å². The molecule has 2 aromatic carbocycles. The number of fused-ring (bicyclic) bond motifs is 2. The summed E-state index contributed by atoms with van der Waals surface area (Å²) < 4.78 is 6.76. The van der Waals surface area contributed by atoms with Crippen LogP contribution in [-0.2, 0) is 11.3 Å². The number of carboxylic acids is 1. The van der Waals surface area contributed by atoms with Gasteiger partial charge in [0.1, 0.15) is 5.69 Å². The lowest BCUT2D eigenvalue weighted by Gasteiger charge is -2.34. The summed E-state index contributed by atoms with van der Waals surface area (Å²) in [4.78, 5) is 37.0. The second-order valence-corrected chi connectivity index (χ2v) is 9.22. The number of hydrogen-bond acceptors (Lipinski definition) is 5. The highest BCUT2D eigenvalue weighted by Crippen LogP contribution is 2.28. The lowest BCUT2D eigenvalue weighted by Crippen LogP contribution is -2.50. The lowest BCUT2D eigenvalue weighted by atomic mass is 10.0. The number of methoxy groups -OCH3 is 1. The Morgan fingerprint density at radius 1 is 1.08 bits per heavy atom. The molecule has 3 heterocycles. The van der Waals surface area contributed by atoms with Gasteiger partial charge in [0.25, 0.3) is 5.82 Å². The fraction of sp³-hybridized carbons (Fsp3) is 0.286. The van der Waals surface area contributed by atoms with Crippen LogP contribution in [-0.4, -0.2) is 82.9 Å². The van der Waals surface area contributed by atoms with Crippen LogP contribution in [0.3, 0.4) is 0 Å². The molecule has 0 unspecified atom stereocenters. The third-order valence-electron chi connectivity index (χ3n) is 6.86. The van der Waals surface area contributed by atoms with Crippen molar-refractivity contribution in [3.63, 3.8) is 0 Å². The molecule has 0 saturated carbocycles. The largest absolute Gasteiger partial charge is 0.477 e. The monoisotopic (exact) mass is 512 g/mol. The van der Waals surface area contributed by atoms with Gasteiger partial charge >= 0.3 is 12.0 Å². The molecule has 0 radical (unpaired) electrons. The number of aromatic nitrogens is 2. The molecule has 1 aliphatic rings. The van der Waals surface area contributed by atoms with Crippen LogP contribution < -0.4 is 5.32 Å². The fourth-order valence-electron chi connectivity index (χ4n) is 4.88. The molecule has 194 valence electrons. The Labute approximate surface area is 219 Å². The topological polar surface area (TPSA) is 104 Å². The maximum atomic E-state index is 13.1. The van der Waals surface area contributed by atoms with Crippen molar-refractivity contribution < 1.29 is 19.4 Å². The number of piperazine rings is 1. The van der Waals surface area contributed by atoms with Crippen LogP contribution in [0.25, 0.3) is 26.7 Å². The maximum absolute atomic E-state index is 13.1. The number of carbonyl (C=O) groups excluding carboxylic acids is 1. The predicted octanol–water partition coefficient (Wildman–Crippen LogP) is 4.28. The summed E-state index contributed by atoms with van der Waals surface area (Å²) in [5, 5.41) is 15.4. The van der Waals surface area contributed by atoms with Crippen molar-refractivity contribution in [2.75, 3.05) is 51.8 Å². The second kappa shape index (κ2) is 10.9. The number of nitrogens with one attached hydrogen (secondary N) is 1. The number of hydrogen-bond donors (Lipinski definition) is 2. The number of benzene rings is 2. The minimum absolute atomic E-state index is 0.0829. The molecule has 0 atom stereocenters. The molecule has 2 N–H and O–H groups in total. The lowest BCUT2D eigenvalue weighted by molar-refractivity contribution is 0.0686. The summed E-state index contributed by atoms with van der Waals surface area (Å²) in [5.74, 6) is -0.882. The van der Waals surface area contributed by atoms with Gasteiger partial charge in [-0.3, -0.25) is 9.47 Å². The van der Waals surface area contributed by atoms with Crippen molar-refractivity contribution >= 4 is 45.3 Å². The van der Waals surface area contributed by atoms with Crippen molar-refractivity contribution in [1.82, 2.24) is 19.4 Å². The molecule has 0 bridgehead atoms. The Kier molecular flexibility index (Phi) is 7.22. The van der Waals surface area contributed by atoms with Crippen molar-refractivity contribution in [3.05, 3.63) is 77.3 Å². The molecule has 2 aromatic heterocycles. The molecule has 4 aromatic rings. The first-order chi connectivity index (χ1) is 18.5. The smallest absolute Gasteiger partial charge is 0.352 e. The summed E-state index contributed by atoms with van der Waals surface area (Å²) in [6, 6.07) is 16.3. The van der Waals surface area contributed by atoms with Gasteiger partial charge in [-0.05, 0) is 40.6 Å². The normalized spacial score (nSPS) is 14.1. The zero-order valence-corrected chi connectivity index (χ0v) is 21.1. The standard InChI is InChI=1S/C28H28N6O4/c1-29-25-8-7-20-17-24(27(35)36)34(26(20)31-25)18-21-16-22(15-19-5-3-4-6-23(19)21)30-28(37)33-11-9-32(10-12-33)13-14-38-2/h3-8,15-17H,9-14,18H2,2H3,(H,30,37)(H,35,36). The Morgan fingerprint density at radius 2 is 1.87 bits per heavy atom. The second-order valence-electron chi connectivity index (χ2n) is 9.22. The van der Waals surface area contributed by atoms with Gasteiger partial charge in [-0.1, -0.05) is 36.9 Å². The van der Waals surface area contributed by atoms with Crippen LogP contribution in [0, 0.1) is 6.57 Å². The third kappa shape index (κ3) is 5.16. The molecule has 0 aliphatic carbocycles. The van der Waals surface area contributed by atoms with Crippen LogP contribution in [0.1, 0.15) is 16.1 Å². The van der Waals surface area contributed by atoms with Gasteiger partial charge in [0.05, 0.1) is 13.2 Å². The van der Waals surface area contributed by atoms with Crippen LogP contribution in [0.4, 0.5) is 16.3 Å². The number of ether oxygens (including phenoxy) is 1. The van der Waals surface area contributed by atoms with Crippen molar-refractivity contribution in [2.24, 2.45) is 0 Å². The minimum atomic E-state index is -1.08. The first-order valence-electron chi connectivity index (χ1n) is 12.4. The number of rotatable bonds is 7. The van der Waals surface area contributed by atoms with E-state index in [4.69, 9.17) is 11.3 Å². The van der Waals surface area contributed by atoms with E-state index in [1.165, 1.54) is 0 Å². The molecule has 1 aliphatic heterocycles. The third-order valence-corrected chi connectivity index (χ3v) is 6.86. The average Bonchev–Trinajstić information content (AvgIpc) is 3.30. The maximum Gasteiger partial charge on any atom is 0.352 e. The van der Waals surface area contributed by atoms with Gasteiger partial charge in [-0.25, -0.2) is 9.59 Å². The van der Waals surface area contributed by atoms with Crippen molar-refractivity contribution in [3.8, 4) is 0 Å². The van der Waals surface area contributed by atoms with E-state index in [2.05, 4.69) is 20.0 Å². The Bertz CT molecular complexity index is 1550. The van der Waals surface area contributed by atoms with E-state index in [1.54, 1.807) is 34.8 Å². The van der Waals surface area contributed by atoms with Crippen molar-refractivity contribution in [1.29, 1.82) is 0 Å². The van der Waals surface area contributed by atoms with Gasteiger partial charge in [0.15, 0.2) is 0 Å². The van der Waals surface area contributed by atoms with Crippen LogP contribution in [0.15, 0.2) is 54.6 Å². The fourth-order valence-corrected chi connectivity index (χ4v) is 4.88. The van der Waals surface area contributed by atoms with E-state index in [9.17, 15) is 14.7 Å². The minimum Gasteiger partial charge on any atom is -0.477 e. The molecule has 1 fully saturated rings. The number of carboxylic acid groups (broad SMARTS) is 1. The predicted molar refractivity (Wildman–Crippen MR) is 145 cm³/mol. The summed E-state index contributed by atoms with van der Waals surface area (Å²) in [6.45, 7) is 11.9. The molecular weight excluding hydrogens is 484 g/mol. The Hall–Kier alpha value is -4.46. The SMILES string of the molecule is [C-]#[N+]c1ccc2cc(C(=O)O)n(Cc3cc(NC(=O)N4CCN(CCOC)CC4)cc4ccccc34)c2n1. The van der Waals surface area contributed by atoms with Crippen LogP contribution >= 0.6 is 0 Å². The number of aromatic carboxylic acids is 1. The number of carbonyl (C=O) groups is 2. The molecule has 10 nitrogen and oxygen atoms in total. The highest BCUT2D eigenvalue weighted by atomic mass is 16.5. The van der Waals surface area contributed by atoms with Crippen LogP contribution in [0.5, 0.6) is 0 Å². The first-order valence-corrected chi connectivity index (χ1v) is 12.4. The molecule has 2 amide bonds. The number of pyridine rings is 1. The summed E-state index contributed by atoms with van der Waals surface area (Å²) in [7, 11) is 1.68. The molecule has 38 heavy (non-hydrogen) atoms. The summed E-state index contributed by atoms with van der Waals surface area (Å²) >= 11 is 0. The number of amides is 2. The van der Waals surface area contributed by atoms with E-state index in [1.807, 2.05) is 36.4 Å². The molecule has 10 heteroatoms. The van der Waals surface area contributed by atoms with Gasteiger partial charge < -0.3 is 24.9 Å². The Balaban J connectivity index is 1.45. The summed E-state index contributed by atoms with van der Waals surface area (Å²) in [6.07, 6.45) is 0. The number of urea groups is 1. The molecule has 1 saturated heterocycles. The Morgan fingerprint density at radius 3 is 2.61 bits per heavy atom. The van der Waals surface area contributed by atoms with Gasteiger partial charge in [0, 0.05) is 50.9 Å². The van der Waals surface area contributed by atoms with E-state index in [0.29, 0.717) is 36.4 Å². The van der Waals surface area contributed by atoms with Crippen LogP contribution in [0.2, 0.25) is 0 Å². The zero-order valence-electron chi connectivity index (χ0n) is 21.1. The summed E-state index contributed by atoms with van der Waals surface area (Å²) in [5.41, 5.74) is 1.98. The highest BCUT2D eigenvalue weighted by molar-refractivity contribution is 5.96. The van der Waals surface area contributed by atoms with Gasteiger partial charge in [0.2, 0.25) is 5.65 Å². The van der Waals surface area contributed by atoms with E-state index >= 15 is 0 Å². The zero-order chi connectivity index (χ0) is 26.6.